The van der Waals surface area contributed by atoms with Gasteiger partial charge in [-0.25, -0.2) is 9.89 Å². The highest BCUT2D eigenvalue weighted by Crippen LogP contribution is 2.06. The Kier molecular flexibility index (Phi) is 7.35. The molecule has 0 atom stereocenters. The summed E-state index contributed by atoms with van der Waals surface area (Å²) < 4.78 is 45.8. The van der Waals surface area contributed by atoms with Gasteiger partial charge in [0.1, 0.15) is 0 Å². The van der Waals surface area contributed by atoms with Crippen molar-refractivity contribution in [2.45, 2.75) is 0 Å². The molecule has 0 heterocycles. The van der Waals surface area contributed by atoms with Gasteiger partial charge in [-0.05, 0) is 0 Å². The SMILES string of the molecule is CNC(OC)=[N+](C)C.F[B-](F)(F)F. The van der Waals surface area contributed by atoms with E-state index in [-0.39, 0.29) is 0 Å². The van der Waals surface area contributed by atoms with Crippen LogP contribution >= 0.6 is 0 Å². The van der Waals surface area contributed by atoms with E-state index in [0.29, 0.717) is 0 Å². The zero-order chi connectivity index (χ0) is 11.1. The van der Waals surface area contributed by atoms with E-state index in [0.717, 1.165) is 6.02 Å². The zero-order valence-corrected chi connectivity index (χ0v) is 7.94. The Morgan fingerprint density at radius 2 is 1.54 bits per heavy atom. The molecule has 0 aliphatic rings. The lowest BCUT2D eigenvalue weighted by Crippen LogP contribution is -2.28. The predicted molar refractivity (Wildman–Crippen MR) is 43.4 cm³/mol. The first-order chi connectivity index (χ1) is 5.72. The first kappa shape index (κ1) is 14.6. The van der Waals surface area contributed by atoms with Gasteiger partial charge < -0.3 is 22.0 Å². The van der Waals surface area contributed by atoms with Crippen LogP contribution in [0.5, 0.6) is 0 Å². The lowest BCUT2D eigenvalue weighted by Gasteiger charge is -1.97. The molecule has 0 rings (SSSR count). The van der Waals surface area contributed by atoms with Crippen LogP contribution in [0.25, 0.3) is 0 Å². The quantitative estimate of drug-likeness (QED) is 0.207. The van der Waals surface area contributed by atoms with Crippen LogP contribution in [0.15, 0.2) is 0 Å². The van der Waals surface area contributed by atoms with Gasteiger partial charge in [-0.2, -0.15) is 0 Å². The smallest absolute Gasteiger partial charge is 0.435 e. The van der Waals surface area contributed by atoms with Crippen LogP contribution in [-0.2, 0) is 4.74 Å². The molecule has 0 aromatic heterocycles. The van der Waals surface area contributed by atoms with Gasteiger partial charge >= 0.3 is 13.3 Å². The average Bonchev–Trinajstić information content (AvgIpc) is 1.85. The maximum atomic E-state index is 9.75. The Bertz CT molecular complexity index is 154. The molecule has 1 N–H and O–H groups in total. The van der Waals surface area contributed by atoms with E-state index >= 15 is 0 Å². The Balaban J connectivity index is 0. The average molecular weight is 204 g/mol. The number of ether oxygens (including phenoxy) is 1. The van der Waals surface area contributed by atoms with Crippen molar-refractivity contribution in [3.05, 3.63) is 0 Å². The topological polar surface area (TPSA) is 24.3 Å². The van der Waals surface area contributed by atoms with Crippen molar-refractivity contribution in [3.8, 4) is 0 Å². The Labute approximate surface area is 74.5 Å². The summed E-state index contributed by atoms with van der Waals surface area (Å²) in [6, 6.07) is 0.769. The van der Waals surface area contributed by atoms with Gasteiger partial charge in [-0.3, -0.25) is 0 Å². The van der Waals surface area contributed by atoms with Crippen LogP contribution in [0.2, 0.25) is 0 Å². The van der Waals surface area contributed by atoms with E-state index < -0.39 is 7.25 Å². The number of halogens is 4. The van der Waals surface area contributed by atoms with Gasteiger partial charge in [0.2, 0.25) is 0 Å². The van der Waals surface area contributed by atoms with Gasteiger partial charge in [0.05, 0.1) is 28.3 Å². The minimum Gasteiger partial charge on any atom is -0.435 e. The van der Waals surface area contributed by atoms with Crippen LogP contribution < -0.4 is 5.32 Å². The Morgan fingerprint density at radius 1 is 1.23 bits per heavy atom. The van der Waals surface area contributed by atoms with Crippen LogP contribution in [-0.4, -0.2) is 46.1 Å². The van der Waals surface area contributed by atoms with Crippen molar-refractivity contribution in [1.82, 2.24) is 5.32 Å². The van der Waals surface area contributed by atoms with Gasteiger partial charge in [-0.15, -0.1) is 0 Å². The number of methoxy groups -OCH3 is 1. The molecule has 0 saturated carbocycles. The molecule has 13 heavy (non-hydrogen) atoms. The van der Waals surface area contributed by atoms with Crippen molar-refractivity contribution in [1.29, 1.82) is 0 Å². The van der Waals surface area contributed by atoms with Gasteiger partial charge in [0, 0.05) is 0 Å². The molecule has 0 saturated heterocycles. The maximum absolute atomic E-state index is 9.75. The number of nitrogens with zero attached hydrogens (tertiary/aromatic N) is 1. The van der Waals surface area contributed by atoms with Crippen LogP contribution in [0.3, 0.4) is 0 Å². The van der Waals surface area contributed by atoms with Crippen molar-refractivity contribution in [2.75, 3.05) is 28.3 Å². The normalized spacial score (nSPS) is 9.54. The molecule has 80 valence electrons. The summed E-state index contributed by atoms with van der Waals surface area (Å²) in [7, 11) is 1.27. The van der Waals surface area contributed by atoms with Crippen molar-refractivity contribution >= 4 is 13.3 Å². The van der Waals surface area contributed by atoms with E-state index in [2.05, 4.69) is 5.32 Å². The van der Waals surface area contributed by atoms with Gasteiger partial charge in [0.25, 0.3) is 0 Å². The van der Waals surface area contributed by atoms with E-state index in [1.54, 1.807) is 7.11 Å². The molecule has 0 radical (unpaired) electrons. The monoisotopic (exact) mass is 204 g/mol. The molecule has 8 heteroatoms. The van der Waals surface area contributed by atoms with E-state index in [4.69, 9.17) is 4.74 Å². The predicted octanol–water partition coefficient (Wildman–Crippen LogP) is 0.780. The van der Waals surface area contributed by atoms with Crippen LogP contribution in [0.1, 0.15) is 0 Å². The van der Waals surface area contributed by atoms with Crippen LogP contribution in [0.4, 0.5) is 17.3 Å². The highest BCUT2D eigenvalue weighted by molar-refractivity contribution is 6.50. The Hall–Kier alpha value is -0.945. The Morgan fingerprint density at radius 3 is 1.54 bits per heavy atom. The lowest BCUT2D eigenvalue weighted by atomic mass is 10.3. The van der Waals surface area contributed by atoms with Crippen LogP contribution in [0, 0.1) is 0 Å². The molecular formula is C5H13BF4N2O. The summed E-state index contributed by atoms with van der Waals surface area (Å²) in [4.78, 5) is 0. The molecule has 0 amide bonds. The third-order valence-corrected chi connectivity index (χ3v) is 0.813. The van der Waals surface area contributed by atoms with E-state index in [1.165, 1.54) is 0 Å². The minimum absolute atomic E-state index is 0.769. The summed E-state index contributed by atoms with van der Waals surface area (Å²) in [5, 5.41) is 2.87. The third-order valence-electron chi connectivity index (χ3n) is 0.813. The zero-order valence-electron chi connectivity index (χ0n) is 7.94. The molecule has 0 fully saturated rings. The highest BCUT2D eigenvalue weighted by atomic mass is 19.5. The molecule has 0 spiro atoms. The molecule has 0 aromatic carbocycles. The summed E-state index contributed by atoms with van der Waals surface area (Å²) >= 11 is 0. The number of nitrogens with one attached hydrogen (secondary N) is 1. The largest absolute Gasteiger partial charge is 0.673 e. The molecule has 0 aliphatic heterocycles. The number of amidine groups is 1. The molecule has 0 aliphatic carbocycles. The van der Waals surface area contributed by atoms with Crippen molar-refractivity contribution < 1.29 is 26.6 Å². The highest BCUT2D eigenvalue weighted by Gasteiger charge is 2.20. The summed E-state index contributed by atoms with van der Waals surface area (Å²) in [6.45, 7) is 0. The standard InChI is InChI=1S/C5H12N2O.BF4/c1-6-5(8-4)7(2)3;2-1(3,4)5/h1-4H3;/q;-1/p+1. The molecule has 0 unspecified atom stereocenters. The lowest BCUT2D eigenvalue weighted by molar-refractivity contribution is -0.476. The fourth-order valence-corrected chi connectivity index (χ4v) is 0.508. The fourth-order valence-electron chi connectivity index (χ4n) is 0.508. The van der Waals surface area contributed by atoms with Gasteiger partial charge in [-0.1, -0.05) is 0 Å². The first-order valence-electron chi connectivity index (χ1n) is 3.35. The van der Waals surface area contributed by atoms with Crippen molar-refractivity contribution in [2.24, 2.45) is 0 Å². The minimum atomic E-state index is -6.00. The molecular weight excluding hydrogens is 191 g/mol. The maximum Gasteiger partial charge on any atom is 0.673 e. The second kappa shape index (κ2) is 6.56. The number of rotatable bonds is 0. The second-order valence-corrected chi connectivity index (χ2v) is 2.15. The number of hydrogen-bond donors (Lipinski definition) is 1. The van der Waals surface area contributed by atoms with Crippen molar-refractivity contribution in [3.63, 3.8) is 0 Å². The second-order valence-electron chi connectivity index (χ2n) is 2.15. The summed E-state index contributed by atoms with van der Waals surface area (Å²) in [5.74, 6) is 0. The summed E-state index contributed by atoms with van der Waals surface area (Å²) in [6.07, 6.45) is 0. The van der Waals surface area contributed by atoms with E-state index in [1.807, 2.05) is 25.7 Å². The molecule has 3 nitrogen and oxygen atoms in total. The fraction of sp³-hybridized carbons (Fsp3) is 0.800. The third kappa shape index (κ3) is 18.2. The van der Waals surface area contributed by atoms with E-state index in [9.17, 15) is 17.3 Å². The van der Waals surface area contributed by atoms with Gasteiger partial charge in [0.15, 0.2) is 0 Å². The number of hydrogen-bond acceptors (Lipinski definition) is 1. The summed E-state index contributed by atoms with van der Waals surface area (Å²) in [5.41, 5.74) is 0. The first-order valence-corrected chi connectivity index (χ1v) is 3.35. The molecule has 0 bridgehead atoms. The molecule has 0 aromatic rings.